The zero-order chi connectivity index (χ0) is 21.0. The maximum absolute atomic E-state index is 13.2. The molecule has 1 aliphatic heterocycles. The second-order valence-corrected chi connectivity index (χ2v) is 7.85. The number of ether oxygens (including phenoxy) is 3. The van der Waals surface area contributed by atoms with Gasteiger partial charge in [0.05, 0.1) is 19.6 Å². The number of hydrogen-bond donors (Lipinski definition) is 0. The summed E-state index contributed by atoms with van der Waals surface area (Å²) in [5.74, 6) is 0.0510. The minimum absolute atomic E-state index is 0.000265. The van der Waals surface area contributed by atoms with Crippen LogP contribution in [-0.2, 0) is 16.0 Å². The maximum Gasteiger partial charge on any atom is 0.316 e. The Balaban J connectivity index is 2.12. The van der Waals surface area contributed by atoms with Crippen LogP contribution < -0.4 is 9.47 Å². The van der Waals surface area contributed by atoms with E-state index in [0.717, 1.165) is 10.0 Å². The molecule has 0 aromatic heterocycles. The fourth-order valence-corrected chi connectivity index (χ4v) is 4.04. The molecule has 0 spiro atoms. The first-order chi connectivity index (χ1) is 13.9. The minimum Gasteiger partial charge on any atom is -0.497 e. The standard InChI is InChI=1S/C21H22BrNO6/c1-3-28-20(24)21(11-15-10-17(27-2)8-9-19(15)29-13-21)18(12-23(25)26)14-4-6-16(22)7-5-14/h4-10,18H,3,11-13H2,1-2H3/t18-,21-/m0/s1. The zero-order valence-electron chi connectivity index (χ0n) is 16.2. The van der Waals surface area contributed by atoms with E-state index in [9.17, 15) is 14.9 Å². The largest absolute Gasteiger partial charge is 0.497 e. The minimum atomic E-state index is -1.23. The highest BCUT2D eigenvalue weighted by Gasteiger charge is 2.53. The number of rotatable bonds is 7. The van der Waals surface area contributed by atoms with Gasteiger partial charge in [0.1, 0.15) is 23.5 Å². The first kappa shape index (κ1) is 21.1. The summed E-state index contributed by atoms with van der Waals surface area (Å²) in [5.41, 5.74) is 0.220. The summed E-state index contributed by atoms with van der Waals surface area (Å²) in [6, 6.07) is 12.6. The number of fused-ring (bicyclic) bond motifs is 1. The summed E-state index contributed by atoms with van der Waals surface area (Å²) in [6.45, 7) is 1.48. The molecule has 2 atom stereocenters. The van der Waals surface area contributed by atoms with Crippen LogP contribution >= 0.6 is 15.9 Å². The Morgan fingerprint density at radius 3 is 2.66 bits per heavy atom. The van der Waals surface area contributed by atoms with E-state index < -0.39 is 28.8 Å². The molecule has 2 aromatic rings. The van der Waals surface area contributed by atoms with Crippen LogP contribution in [0.2, 0.25) is 0 Å². The molecule has 0 fully saturated rings. The van der Waals surface area contributed by atoms with E-state index in [2.05, 4.69) is 15.9 Å². The average Bonchev–Trinajstić information content (AvgIpc) is 2.72. The Kier molecular flexibility index (Phi) is 6.42. The van der Waals surface area contributed by atoms with Crippen LogP contribution in [0.1, 0.15) is 24.0 Å². The molecule has 0 saturated heterocycles. The molecule has 2 aromatic carbocycles. The van der Waals surface area contributed by atoms with Gasteiger partial charge in [0.2, 0.25) is 6.54 Å². The van der Waals surface area contributed by atoms with Gasteiger partial charge in [0, 0.05) is 9.40 Å². The first-order valence-electron chi connectivity index (χ1n) is 9.24. The smallest absolute Gasteiger partial charge is 0.316 e. The van der Waals surface area contributed by atoms with Crippen LogP contribution in [0.25, 0.3) is 0 Å². The molecule has 1 heterocycles. The van der Waals surface area contributed by atoms with Crippen LogP contribution in [0.4, 0.5) is 0 Å². The van der Waals surface area contributed by atoms with Gasteiger partial charge < -0.3 is 14.2 Å². The fraction of sp³-hybridized carbons (Fsp3) is 0.381. The number of nitro groups is 1. The molecule has 29 heavy (non-hydrogen) atoms. The first-order valence-corrected chi connectivity index (χ1v) is 10.0. The molecular formula is C21H22BrNO6. The number of carbonyl (C=O) groups is 1. The van der Waals surface area contributed by atoms with Gasteiger partial charge in [0.15, 0.2) is 0 Å². The number of hydrogen-bond acceptors (Lipinski definition) is 6. The number of benzene rings is 2. The van der Waals surface area contributed by atoms with Gasteiger partial charge in [-0.15, -0.1) is 0 Å². The van der Waals surface area contributed by atoms with E-state index in [0.29, 0.717) is 17.1 Å². The molecule has 8 heteroatoms. The molecule has 1 aliphatic rings. The molecule has 0 N–H and O–H groups in total. The molecule has 7 nitrogen and oxygen atoms in total. The summed E-state index contributed by atoms with van der Waals surface area (Å²) >= 11 is 3.38. The van der Waals surface area contributed by atoms with E-state index >= 15 is 0 Å². The van der Waals surface area contributed by atoms with Gasteiger partial charge in [0.25, 0.3) is 0 Å². The highest BCUT2D eigenvalue weighted by molar-refractivity contribution is 9.10. The highest BCUT2D eigenvalue weighted by Crippen LogP contribution is 2.46. The van der Waals surface area contributed by atoms with Crippen LogP contribution in [0.15, 0.2) is 46.9 Å². The Bertz CT molecular complexity index is 901. The van der Waals surface area contributed by atoms with Gasteiger partial charge in [-0.2, -0.15) is 0 Å². The van der Waals surface area contributed by atoms with Crippen molar-refractivity contribution in [1.82, 2.24) is 0 Å². The normalized spacial score (nSPS) is 18.9. The van der Waals surface area contributed by atoms with Gasteiger partial charge in [-0.25, -0.2) is 0 Å². The third-order valence-electron chi connectivity index (χ3n) is 5.21. The maximum atomic E-state index is 13.2. The molecule has 0 radical (unpaired) electrons. The molecule has 0 bridgehead atoms. The second-order valence-electron chi connectivity index (χ2n) is 6.94. The number of esters is 1. The van der Waals surface area contributed by atoms with E-state index in [4.69, 9.17) is 14.2 Å². The Hall–Kier alpha value is -2.61. The average molecular weight is 464 g/mol. The molecule has 154 valence electrons. The van der Waals surface area contributed by atoms with Gasteiger partial charge in [-0.1, -0.05) is 28.1 Å². The summed E-state index contributed by atoms with van der Waals surface area (Å²) in [7, 11) is 1.56. The lowest BCUT2D eigenvalue weighted by Crippen LogP contribution is -2.49. The van der Waals surface area contributed by atoms with E-state index in [1.807, 2.05) is 12.1 Å². The van der Waals surface area contributed by atoms with Crippen molar-refractivity contribution in [2.24, 2.45) is 5.41 Å². The lowest BCUT2D eigenvalue weighted by atomic mass is 9.67. The number of carbonyl (C=O) groups excluding carboxylic acids is 1. The third kappa shape index (κ3) is 4.37. The number of nitrogens with zero attached hydrogens (tertiary/aromatic N) is 1. The number of halogens is 1. The summed E-state index contributed by atoms with van der Waals surface area (Å²) in [4.78, 5) is 24.3. The van der Waals surface area contributed by atoms with E-state index in [1.165, 1.54) is 0 Å². The lowest BCUT2D eigenvalue weighted by Gasteiger charge is -2.40. The van der Waals surface area contributed by atoms with Crippen molar-refractivity contribution in [2.45, 2.75) is 19.3 Å². The molecule has 3 rings (SSSR count). The van der Waals surface area contributed by atoms with Crippen molar-refractivity contribution in [3.63, 3.8) is 0 Å². The van der Waals surface area contributed by atoms with Crippen LogP contribution in [-0.4, -0.2) is 37.8 Å². The monoisotopic (exact) mass is 463 g/mol. The van der Waals surface area contributed by atoms with Crippen molar-refractivity contribution >= 4 is 21.9 Å². The molecular weight excluding hydrogens is 442 g/mol. The topological polar surface area (TPSA) is 87.9 Å². The Morgan fingerprint density at radius 1 is 1.31 bits per heavy atom. The predicted octanol–water partition coefficient (Wildman–Crippen LogP) is 4.00. The quantitative estimate of drug-likeness (QED) is 0.350. The van der Waals surface area contributed by atoms with Crippen molar-refractivity contribution < 1.29 is 23.9 Å². The van der Waals surface area contributed by atoms with E-state index in [1.54, 1.807) is 44.4 Å². The summed E-state index contributed by atoms with van der Waals surface area (Å²) in [5, 5.41) is 11.5. The van der Waals surface area contributed by atoms with Crippen molar-refractivity contribution in [3.8, 4) is 11.5 Å². The second kappa shape index (κ2) is 8.82. The molecule has 0 aliphatic carbocycles. The third-order valence-corrected chi connectivity index (χ3v) is 5.74. The SMILES string of the molecule is CCOC(=O)[C@]1([C@@H](C[N+](=O)[O-])c2ccc(Br)cc2)COc2ccc(OC)cc2C1. The van der Waals surface area contributed by atoms with E-state index in [-0.39, 0.29) is 19.6 Å². The molecule has 0 saturated carbocycles. The zero-order valence-corrected chi connectivity index (χ0v) is 17.8. The van der Waals surface area contributed by atoms with Gasteiger partial charge in [-0.05, 0) is 54.8 Å². The van der Waals surface area contributed by atoms with Gasteiger partial charge >= 0.3 is 5.97 Å². The fourth-order valence-electron chi connectivity index (χ4n) is 3.77. The Morgan fingerprint density at radius 2 is 2.03 bits per heavy atom. The highest BCUT2D eigenvalue weighted by atomic mass is 79.9. The molecule has 0 unspecified atom stereocenters. The molecule has 0 amide bonds. The van der Waals surface area contributed by atoms with Crippen LogP contribution in [0.3, 0.4) is 0 Å². The summed E-state index contributed by atoms with van der Waals surface area (Å²) in [6.07, 6.45) is 0.257. The lowest BCUT2D eigenvalue weighted by molar-refractivity contribution is -0.486. The van der Waals surface area contributed by atoms with Crippen molar-refractivity contribution in [2.75, 3.05) is 26.9 Å². The number of methoxy groups -OCH3 is 1. The predicted molar refractivity (Wildman–Crippen MR) is 110 cm³/mol. The Labute approximate surface area is 177 Å². The van der Waals surface area contributed by atoms with Crippen LogP contribution in [0, 0.1) is 15.5 Å². The van der Waals surface area contributed by atoms with Crippen LogP contribution in [0.5, 0.6) is 11.5 Å². The van der Waals surface area contributed by atoms with Gasteiger partial charge in [-0.3, -0.25) is 14.9 Å². The summed E-state index contributed by atoms with van der Waals surface area (Å²) < 4.78 is 17.5. The van der Waals surface area contributed by atoms with Crippen molar-refractivity contribution in [3.05, 3.63) is 68.2 Å². The van der Waals surface area contributed by atoms with Crippen molar-refractivity contribution in [1.29, 1.82) is 0 Å².